The molecule has 20 heteroatoms. The van der Waals surface area contributed by atoms with Crippen LogP contribution in [0, 0.1) is 11.8 Å². The third-order valence-electron chi connectivity index (χ3n) is 6.33. The molecule has 2 saturated heterocycles. The Kier molecular flexibility index (Phi) is 34.2. The summed E-state index contributed by atoms with van der Waals surface area (Å²) in [6.45, 7) is 17.3. The molecule has 0 aliphatic carbocycles. The average Bonchev–Trinajstić information content (AvgIpc) is 2.96. The summed E-state index contributed by atoms with van der Waals surface area (Å²) in [6, 6.07) is 0. The van der Waals surface area contributed by atoms with Crippen LogP contribution in [0.3, 0.4) is 0 Å². The van der Waals surface area contributed by atoms with Crippen molar-refractivity contribution in [1.29, 1.82) is 0 Å². The number of esters is 2. The SMILES string of the molecule is C=CC[C@@H](CCCN1CCOCC1)C(=O)OCC.CCOC(=O)[C@@H](CC=O)CCCN1CCOCC1.[Na+].[O-][I+3]([O-])([O-])[O-].[O]=[Os](=[O])(=[O])=[O]. The summed E-state index contributed by atoms with van der Waals surface area (Å²) < 4.78 is 89.6. The quantitative estimate of drug-likeness (QED) is 0.0458. The third kappa shape index (κ3) is 38.3. The van der Waals surface area contributed by atoms with Crippen molar-refractivity contribution in [2.24, 2.45) is 11.8 Å². The van der Waals surface area contributed by atoms with Gasteiger partial charge in [0, 0.05) is 32.6 Å². The molecule has 0 N–H and O–H groups in total. The first-order chi connectivity index (χ1) is 21.5. The zero-order valence-corrected chi connectivity index (χ0v) is 34.2. The number of allylic oxidation sites excluding steroid dienone is 1. The molecule has 2 aliphatic heterocycles. The molecular weight excluding hydrogens is 932 g/mol. The molecule has 0 bridgehead atoms. The van der Waals surface area contributed by atoms with Gasteiger partial charge in [-0.15, -0.1) is 6.58 Å². The number of carbonyl (C=O) groups excluding carboxylic acids is 3. The molecule has 2 fully saturated rings. The number of nitrogens with zero attached hydrogens (tertiary/aromatic N) is 2. The third-order valence-corrected chi connectivity index (χ3v) is 6.33. The molecule has 0 radical (unpaired) electrons. The van der Waals surface area contributed by atoms with E-state index in [1.165, 1.54) is 0 Å². The van der Waals surface area contributed by atoms with Crippen molar-refractivity contribution >= 4 is 18.2 Å². The summed E-state index contributed by atoms with van der Waals surface area (Å²) in [4.78, 5) is 38.6. The molecule has 0 aromatic heterocycles. The summed E-state index contributed by atoms with van der Waals surface area (Å²) >= 11 is -12.0. The van der Waals surface area contributed by atoms with Crippen LogP contribution >= 0.6 is 0 Å². The molecule has 17 nitrogen and oxygen atoms in total. The molecule has 2 rings (SSSR count). The summed E-state index contributed by atoms with van der Waals surface area (Å²) in [5, 5.41) is 0. The molecule has 0 amide bonds. The molecule has 2 heterocycles. The number of halogens is 1. The molecule has 0 saturated carbocycles. The Morgan fingerprint density at radius 3 is 1.38 bits per heavy atom. The number of morpholine rings is 2. The van der Waals surface area contributed by atoms with Crippen molar-refractivity contribution in [3.8, 4) is 0 Å². The van der Waals surface area contributed by atoms with Gasteiger partial charge >= 0.3 is 70.5 Å². The second-order valence-corrected chi connectivity index (χ2v) is 14.4. The Morgan fingerprint density at radius 2 is 1.11 bits per heavy atom. The van der Waals surface area contributed by atoms with Crippen molar-refractivity contribution < 1.29 is 126 Å². The van der Waals surface area contributed by atoms with Gasteiger partial charge in [0.25, 0.3) is 0 Å². The molecular formula is C27H48IN2NaO15Os. The van der Waals surface area contributed by atoms with Gasteiger partial charge in [-0.1, -0.05) is 6.08 Å². The number of hydrogen-bond donors (Lipinski definition) is 0. The molecule has 0 spiro atoms. The van der Waals surface area contributed by atoms with Gasteiger partial charge in [0.1, 0.15) is 26.4 Å². The first-order valence-electron chi connectivity index (χ1n) is 14.7. The van der Waals surface area contributed by atoms with Gasteiger partial charge in [-0.2, -0.15) is 0 Å². The van der Waals surface area contributed by atoms with Crippen LogP contribution in [0.25, 0.3) is 0 Å². The van der Waals surface area contributed by atoms with E-state index in [1.54, 1.807) is 13.0 Å². The fourth-order valence-electron chi connectivity index (χ4n) is 4.27. The van der Waals surface area contributed by atoms with Gasteiger partial charge < -0.3 is 23.7 Å². The van der Waals surface area contributed by atoms with E-state index < -0.39 is 34.9 Å². The van der Waals surface area contributed by atoms with E-state index in [0.29, 0.717) is 19.6 Å². The van der Waals surface area contributed by atoms with E-state index in [-0.39, 0.29) is 59.8 Å². The fraction of sp³-hybridized carbons (Fsp3) is 0.815. The minimum absolute atomic E-state index is 0. The number of aldehydes is 1. The molecule has 2 aliphatic rings. The van der Waals surface area contributed by atoms with Gasteiger partial charge in [0.05, 0.1) is 51.5 Å². The van der Waals surface area contributed by atoms with Crippen LogP contribution in [-0.4, -0.2) is 107 Å². The van der Waals surface area contributed by atoms with E-state index in [4.69, 9.17) is 46.8 Å². The van der Waals surface area contributed by atoms with Crippen LogP contribution in [0.5, 0.6) is 0 Å². The Balaban J connectivity index is -0.000000630. The minimum atomic E-state index is -6.06. The van der Waals surface area contributed by atoms with Gasteiger partial charge in [-0.05, 0) is 59.0 Å². The van der Waals surface area contributed by atoms with Crippen LogP contribution < -0.4 is 63.4 Å². The standard InChI is InChI=1S/C14H25NO3.C13H23NO4.IO4.Na.4O.Os/c1-3-6-13(14(16)18-4-2)7-5-8-15-9-11-17-12-10-15;1-2-18-13(16)12(5-9-15)4-3-6-14-7-10-17-11-8-14;2-1(3,4)5;;;;;;/h3,13H,1,4-12H2,2H3;9,12H,2-8,10-11H2,1H3;;;;;;;/q;;-1;+1;;;;;/t13-;12-;;;;;;;/m01......./s1. The molecule has 0 aromatic carbocycles. The van der Waals surface area contributed by atoms with Crippen molar-refractivity contribution in [2.45, 2.75) is 52.4 Å². The first-order valence-corrected chi connectivity index (χ1v) is 22.4. The Morgan fingerprint density at radius 1 is 0.787 bits per heavy atom. The van der Waals surface area contributed by atoms with Gasteiger partial charge in [-0.25, -0.2) is 0 Å². The Hall–Kier alpha value is -0.404. The number of rotatable bonds is 16. The monoisotopic (exact) mass is 982 g/mol. The summed E-state index contributed by atoms with van der Waals surface area (Å²) in [7, 11) is 0. The predicted octanol–water partition coefficient (Wildman–Crippen LogP) is -8.50. The molecule has 0 aromatic rings. The van der Waals surface area contributed by atoms with Crippen molar-refractivity contribution in [3.63, 3.8) is 0 Å². The molecule has 272 valence electrons. The van der Waals surface area contributed by atoms with Crippen molar-refractivity contribution in [1.82, 2.24) is 9.80 Å². The second-order valence-electron chi connectivity index (χ2n) is 9.75. The Labute approximate surface area is 307 Å². The van der Waals surface area contributed by atoms with E-state index in [9.17, 15) is 14.4 Å². The normalized spacial score (nSPS) is 16.5. The fourth-order valence-corrected chi connectivity index (χ4v) is 4.27. The van der Waals surface area contributed by atoms with Crippen LogP contribution in [0.1, 0.15) is 52.4 Å². The van der Waals surface area contributed by atoms with Crippen LogP contribution in [0.15, 0.2) is 12.7 Å². The Bertz CT molecular complexity index is 968. The van der Waals surface area contributed by atoms with Gasteiger partial charge in [0.15, 0.2) is 0 Å². The van der Waals surface area contributed by atoms with Gasteiger partial charge in [0.2, 0.25) is 0 Å². The maximum atomic E-state index is 11.7. The van der Waals surface area contributed by atoms with Crippen molar-refractivity contribution in [3.05, 3.63) is 12.7 Å². The zero-order valence-electron chi connectivity index (χ0n) is 27.5. The average molecular weight is 981 g/mol. The van der Waals surface area contributed by atoms with E-state index >= 15 is 0 Å². The van der Waals surface area contributed by atoms with Crippen LogP contribution in [-0.2, 0) is 62.3 Å². The van der Waals surface area contributed by atoms with Crippen LogP contribution in [0.4, 0.5) is 0 Å². The summed E-state index contributed by atoms with van der Waals surface area (Å²) in [6.07, 6.45) is 7.11. The van der Waals surface area contributed by atoms with Crippen LogP contribution in [0.2, 0.25) is 0 Å². The predicted molar refractivity (Wildman–Crippen MR) is 141 cm³/mol. The van der Waals surface area contributed by atoms with E-state index in [0.717, 1.165) is 97.7 Å². The topological polar surface area (TPSA) is 255 Å². The van der Waals surface area contributed by atoms with E-state index in [1.807, 2.05) is 6.92 Å². The summed E-state index contributed by atoms with van der Waals surface area (Å²) in [5.74, 6) is -0.627. The first kappa shape index (κ1) is 51.0. The number of ether oxygens (including phenoxy) is 4. The maximum absolute atomic E-state index is 11.7. The van der Waals surface area contributed by atoms with Crippen molar-refractivity contribution in [2.75, 3.05) is 78.9 Å². The molecule has 0 unspecified atom stereocenters. The molecule has 2 atom stereocenters. The number of hydrogen-bond acceptors (Lipinski definition) is 17. The summed E-state index contributed by atoms with van der Waals surface area (Å²) in [5.41, 5.74) is 0. The van der Waals surface area contributed by atoms with E-state index in [2.05, 4.69) is 16.4 Å². The van der Waals surface area contributed by atoms with Gasteiger partial charge in [-0.3, -0.25) is 33.1 Å². The molecule has 47 heavy (non-hydrogen) atoms. The second kappa shape index (κ2) is 31.6. The zero-order chi connectivity index (χ0) is 35.4. The number of carbonyl (C=O) groups is 3.